The van der Waals surface area contributed by atoms with Crippen molar-refractivity contribution in [2.45, 2.75) is 65.5 Å². The van der Waals surface area contributed by atoms with E-state index in [0.29, 0.717) is 6.04 Å². The number of nitrogens with zero attached hydrogens (tertiary/aromatic N) is 1. The van der Waals surface area contributed by atoms with Crippen LogP contribution < -0.4 is 5.32 Å². The van der Waals surface area contributed by atoms with E-state index in [9.17, 15) is 0 Å². The van der Waals surface area contributed by atoms with Crippen molar-refractivity contribution in [1.29, 1.82) is 0 Å². The molecule has 1 N–H and O–H groups in total. The smallest absolute Gasteiger partial charge is 0.0619 e. The van der Waals surface area contributed by atoms with Crippen molar-refractivity contribution in [2.75, 3.05) is 32.8 Å². The SMILES string of the molecule is CCCNC1CCC(C(C)C)CC1CN1CCOCC1C. The highest BCUT2D eigenvalue weighted by Gasteiger charge is 2.33. The highest BCUT2D eigenvalue weighted by atomic mass is 16.5. The normalized spacial score (nSPS) is 35.3. The molecule has 1 heterocycles. The average molecular weight is 296 g/mol. The molecule has 0 aromatic carbocycles. The molecule has 0 amide bonds. The Balaban J connectivity index is 1.94. The third-order valence-corrected chi connectivity index (χ3v) is 5.60. The quantitative estimate of drug-likeness (QED) is 0.815. The molecule has 1 aliphatic carbocycles. The van der Waals surface area contributed by atoms with Crippen LogP contribution in [0.15, 0.2) is 0 Å². The monoisotopic (exact) mass is 296 g/mol. The Hall–Kier alpha value is -0.120. The lowest BCUT2D eigenvalue weighted by Crippen LogP contribution is -2.51. The zero-order valence-corrected chi connectivity index (χ0v) is 14.6. The Morgan fingerprint density at radius 1 is 1.29 bits per heavy atom. The van der Waals surface area contributed by atoms with Crippen molar-refractivity contribution in [3.05, 3.63) is 0 Å². The van der Waals surface area contributed by atoms with E-state index in [2.05, 4.69) is 37.9 Å². The fraction of sp³-hybridized carbons (Fsp3) is 1.00. The number of ether oxygens (including phenoxy) is 1. The highest BCUT2D eigenvalue weighted by Crippen LogP contribution is 2.34. The Morgan fingerprint density at radius 2 is 2.10 bits per heavy atom. The Labute approximate surface area is 131 Å². The molecule has 3 nitrogen and oxygen atoms in total. The molecule has 1 aliphatic heterocycles. The molecule has 1 saturated heterocycles. The van der Waals surface area contributed by atoms with Crippen molar-refractivity contribution < 1.29 is 4.74 Å². The second-order valence-electron chi connectivity index (χ2n) is 7.56. The summed E-state index contributed by atoms with van der Waals surface area (Å²) in [5, 5.41) is 3.83. The lowest BCUT2D eigenvalue weighted by atomic mass is 9.73. The van der Waals surface area contributed by atoms with Gasteiger partial charge in [-0.2, -0.15) is 0 Å². The molecule has 3 heteroatoms. The molecule has 2 fully saturated rings. The van der Waals surface area contributed by atoms with Crippen LogP contribution in [0.2, 0.25) is 0 Å². The first kappa shape index (κ1) is 17.2. The molecular weight excluding hydrogens is 260 g/mol. The van der Waals surface area contributed by atoms with Crippen LogP contribution in [0.25, 0.3) is 0 Å². The molecule has 0 radical (unpaired) electrons. The van der Waals surface area contributed by atoms with Gasteiger partial charge in [0.25, 0.3) is 0 Å². The van der Waals surface area contributed by atoms with E-state index in [1.807, 2.05) is 0 Å². The Kier molecular flexibility index (Phi) is 6.97. The Bertz CT molecular complexity index is 295. The number of hydrogen-bond acceptors (Lipinski definition) is 3. The van der Waals surface area contributed by atoms with Gasteiger partial charge < -0.3 is 10.1 Å². The molecule has 1 saturated carbocycles. The van der Waals surface area contributed by atoms with E-state index in [1.54, 1.807) is 0 Å². The fourth-order valence-electron chi connectivity index (χ4n) is 4.04. The van der Waals surface area contributed by atoms with Gasteiger partial charge >= 0.3 is 0 Å². The van der Waals surface area contributed by atoms with Gasteiger partial charge in [0, 0.05) is 25.2 Å². The van der Waals surface area contributed by atoms with Crippen molar-refractivity contribution in [3.63, 3.8) is 0 Å². The molecule has 4 unspecified atom stereocenters. The molecular formula is C18H36N2O. The van der Waals surface area contributed by atoms with E-state index >= 15 is 0 Å². The van der Waals surface area contributed by atoms with Crippen LogP contribution in [0, 0.1) is 17.8 Å². The van der Waals surface area contributed by atoms with Crippen LogP contribution in [0.4, 0.5) is 0 Å². The standard InChI is InChI=1S/C18H36N2O/c1-5-8-19-18-7-6-16(14(2)3)11-17(18)12-20-9-10-21-13-15(20)4/h14-19H,5-13H2,1-4H3. The van der Waals surface area contributed by atoms with Crippen LogP contribution in [-0.4, -0.2) is 49.8 Å². The summed E-state index contributed by atoms with van der Waals surface area (Å²) in [5.74, 6) is 2.58. The molecule has 2 aliphatic rings. The van der Waals surface area contributed by atoms with Crippen LogP contribution in [0.1, 0.15) is 53.4 Å². The van der Waals surface area contributed by atoms with Gasteiger partial charge in [0.15, 0.2) is 0 Å². The number of rotatable bonds is 6. The average Bonchev–Trinajstić information content (AvgIpc) is 2.48. The molecule has 0 spiro atoms. The summed E-state index contributed by atoms with van der Waals surface area (Å²) in [6.07, 6.45) is 5.42. The van der Waals surface area contributed by atoms with Gasteiger partial charge in [0.1, 0.15) is 0 Å². The van der Waals surface area contributed by atoms with Gasteiger partial charge in [-0.3, -0.25) is 4.90 Å². The molecule has 2 rings (SSSR count). The lowest BCUT2D eigenvalue weighted by molar-refractivity contribution is -0.0158. The lowest BCUT2D eigenvalue weighted by Gasteiger charge is -2.43. The summed E-state index contributed by atoms with van der Waals surface area (Å²) in [6.45, 7) is 14.8. The summed E-state index contributed by atoms with van der Waals surface area (Å²) in [6, 6.07) is 1.32. The number of hydrogen-bond donors (Lipinski definition) is 1. The van der Waals surface area contributed by atoms with Crippen LogP contribution >= 0.6 is 0 Å². The maximum absolute atomic E-state index is 5.59. The van der Waals surface area contributed by atoms with Gasteiger partial charge in [0.05, 0.1) is 13.2 Å². The van der Waals surface area contributed by atoms with Crippen molar-refractivity contribution >= 4 is 0 Å². The van der Waals surface area contributed by atoms with Gasteiger partial charge in [-0.25, -0.2) is 0 Å². The minimum atomic E-state index is 0.588. The van der Waals surface area contributed by atoms with E-state index in [4.69, 9.17) is 4.74 Å². The molecule has 0 aromatic heterocycles. The predicted octanol–water partition coefficient (Wildman–Crippen LogP) is 3.15. The van der Waals surface area contributed by atoms with E-state index in [1.165, 1.54) is 38.8 Å². The molecule has 0 bridgehead atoms. The van der Waals surface area contributed by atoms with E-state index in [0.717, 1.165) is 43.6 Å². The van der Waals surface area contributed by atoms with Crippen LogP contribution in [0.3, 0.4) is 0 Å². The van der Waals surface area contributed by atoms with Crippen molar-refractivity contribution in [3.8, 4) is 0 Å². The third kappa shape index (κ3) is 4.94. The summed E-state index contributed by atoms with van der Waals surface area (Å²) < 4.78 is 5.59. The summed E-state index contributed by atoms with van der Waals surface area (Å²) in [4.78, 5) is 2.66. The zero-order chi connectivity index (χ0) is 15.2. The zero-order valence-electron chi connectivity index (χ0n) is 14.6. The second kappa shape index (κ2) is 8.50. The molecule has 0 aromatic rings. The third-order valence-electron chi connectivity index (χ3n) is 5.60. The van der Waals surface area contributed by atoms with Crippen molar-refractivity contribution in [1.82, 2.24) is 10.2 Å². The van der Waals surface area contributed by atoms with Gasteiger partial charge in [0.2, 0.25) is 0 Å². The first-order valence-corrected chi connectivity index (χ1v) is 9.17. The molecule has 21 heavy (non-hydrogen) atoms. The first-order valence-electron chi connectivity index (χ1n) is 9.17. The predicted molar refractivity (Wildman–Crippen MR) is 89.6 cm³/mol. The minimum Gasteiger partial charge on any atom is -0.379 e. The Morgan fingerprint density at radius 3 is 2.76 bits per heavy atom. The number of morpholine rings is 1. The largest absolute Gasteiger partial charge is 0.379 e. The van der Waals surface area contributed by atoms with Crippen molar-refractivity contribution in [2.24, 2.45) is 17.8 Å². The van der Waals surface area contributed by atoms with Gasteiger partial charge in [-0.05, 0) is 56.9 Å². The first-order chi connectivity index (χ1) is 10.1. The molecule has 124 valence electrons. The van der Waals surface area contributed by atoms with Crippen LogP contribution in [0.5, 0.6) is 0 Å². The van der Waals surface area contributed by atoms with Gasteiger partial charge in [-0.15, -0.1) is 0 Å². The summed E-state index contributed by atoms with van der Waals surface area (Å²) in [5.41, 5.74) is 0. The highest BCUT2D eigenvalue weighted by molar-refractivity contribution is 4.88. The molecule has 4 atom stereocenters. The summed E-state index contributed by atoms with van der Waals surface area (Å²) in [7, 11) is 0. The van der Waals surface area contributed by atoms with E-state index < -0.39 is 0 Å². The van der Waals surface area contributed by atoms with Crippen LogP contribution in [-0.2, 0) is 4.74 Å². The van der Waals surface area contributed by atoms with Gasteiger partial charge in [-0.1, -0.05) is 20.8 Å². The maximum Gasteiger partial charge on any atom is 0.0619 e. The van der Waals surface area contributed by atoms with E-state index in [-0.39, 0.29) is 0 Å². The number of nitrogens with one attached hydrogen (secondary N) is 1. The maximum atomic E-state index is 5.59. The topological polar surface area (TPSA) is 24.5 Å². The summed E-state index contributed by atoms with van der Waals surface area (Å²) >= 11 is 0. The second-order valence-corrected chi connectivity index (χ2v) is 7.56. The fourth-order valence-corrected chi connectivity index (χ4v) is 4.04. The minimum absolute atomic E-state index is 0.588.